The maximum absolute atomic E-state index is 13.5. The van der Waals surface area contributed by atoms with Crippen molar-refractivity contribution < 1.29 is 9.13 Å². The van der Waals surface area contributed by atoms with Crippen LogP contribution in [-0.4, -0.2) is 7.11 Å². The fourth-order valence-corrected chi connectivity index (χ4v) is 2.48. The molecule has 0 heterocycles. The van der Waals surface area contributed by atoms with Crippen LogP contribution in [-0.2, 0) is 5.75 Å². The number of nitrogen functional groups attached to an aromatic ring is 1. The second-order valence-electron chi connectivity index (χ2n) is 3.83. The van der Waals surface area contributed by atoms with Crippen LogP contribution in [0.25, 0.3) is 0 Å². The van der Waals surface area contributed by atoms with Crippen LogP contribution in [0.5, 0.6) is 5.75 Å². The number of hydrogen-bond acceptors (Lipinski definition) is 3. The summed E-state index contributed by atoms with van der Waals surface area (Å²) in [5.74, 6) is 0.639. The van der Waals surface area contributed by atoms with Crippen molar-refractivity contribution in [1.29, 1.82) is 0 Å². The van der Waals surface area contributed by atoms with E-state index in [0.717, 1.165) is 16.1 Å². The highest BCUT2D eigenvalue weighted by Gasteiger charge is 2.04. The number of thioether (sulfide) groups is 1. The third kappa shape index (κ3) is 3.17. The molecule has 2 N–H and O–H groups in total. The second kappa shape index (κ2) is 5.78. The molecule has 0 aliphatic carbocycles. The van der Waals surface area contributed by atoms with E-state index < -0.39 is 0 Å². The van der Waals surface area contributed by atoms with Crippen LogP contribution < -0.4 is 10.5 Å². The Hall–Kier alpha value is -1.68. The Labute approximate surface area is 110 Å². The number of anilines is 1. The Morgan fingerprint density at radius 1 is 1.22 bits per heavy atom. The molecule has 94 valence electrons. The minimum absolute atomic E-state index is 0.271. The van der Waals surface area contributed by atoms with Crippen LogP contribution in [0, 0.1) is 5.82 Å². The molecule has 4 heteroatoms. The van der Waals surface area contributed by atoms with Gasteiger partial charge in [0.25, 0.3) is 0 Å². The van der Waals surface area contributed by atoms with Gasteiger partial charge in [-0.15, -0.1) is 11.8 Å². The van der Waals surface area contributed by atoms with Crippen LogP contribution in [0.2, 0.25) is 0 Å². The first-order valence-corrected chi connectivity index (χ1v) is 6.48. The molecule has 0 aliphatic heterocycles. The van der Waals surface area contributed by atoms with Gasteiger partial charge in [-0.2, -0.15) is 0 Å². The van der Waals surface area contributed by atoms with Gasteiger partial charge in [-0.05, 0) is 35.9 Å². The smallest absolute Gasteiger partial charge is 0.165 e. The van der Waals surface area contributed by atoms with Crippen LogP contribution >= 0.6 is 11.8 Å². The SMILES string of the molecule is COc1ccc(CSc2cccc(N)c2)cc1F. The molecule has 2 rings (SSSR count). The first-order chi connectivity index (χ1) is 8.69. The summed E-state index contributed by atoms with van der Waals surface area (Å²) < 4.78 is 18.4. The van der Waals surface area contributed by atoms with Crippen molar-refractivity contribution in [2.75, 3.05) is 12.8 Å². The van der Waals surface area contributed by atoms with Crippen LogP contribution in [0.3, 0.4) is 0 Å². The molecule has 0 saturated carbocycles. The normalized spacial score (nSPS) is 10.3. The minimum atomic E-state index is -0.330. The van der Waals surface area contributed by atoms with Gasteiger partial charge < -0.3 is 10.5 Å². The molecule has 0 fully saturated rings. The lowest BCUT2D eigenvalue weighted by Gasteiger charge is -2.05. The molecule has 2 aromatic carbocycles. The highest BCUT2D eigenvalue weighted by molar-refractivity contribution is 7.98. The Kier molecular flexibility index (Phi) is 4.10. The molecule has 0 amide bonds. The molecule has 0 atom stereocenters. The highest BCUT2D eigenvalue weighted by atomic mass is 32.2. The summed E-state index contributed by atoms with van der Waals surface area (Å²) in [6.45, 7) is 0. The Morgan fingerprint density at radius 3 is 2.72 bits per heavy atom. The van der Waals surface area contributed by atoms with Gasteiger partial charge in [0.05, 0.1) is 7.11 Å². The largest absolute Gasteiger partial charge is 0.494 e. The van der Waals surface area contributed by atoms with Gasteiger partial charge in [0, 0.05) is 16.3 Å². The molecule has 18 heavy (non-hydrogen) atoms. The van der Waals surface area contributed by atoms with E-state index in [1.807, 2.05) is 30.3 Å². The fourth-order valence-electron chi connectivity index (χ4n) is 1.57. The Morgan fingerprint density at radius 2 is 2.06 bits per heavy atom. The van der Waals surface area contributed by atoms with Gasteiger partial charge in [0.15, 0.2) is 11.6 Å². The fraction of sp³-hybridized carbons (Fsp3) is 0.143. The standard InChI is InChI=1S/C14H14FNOS/c1-17-14-6-5-10(7-13(14)15)9-18-12-4-2-3-11(16)8-12/h2-8H,9,16H2,1H3. The van der Waals surface area contributed by atoms with E-state index in [1.54, 1.807) is 17.8 Å². The summed E-state index contributed by atoms with van der Waals surface area (Å²) in [6, 6.07) is 12.7. The molecule has 0 bridgehead atoms. The number of hydrogen-bond donors (Lipinski definition) is 1. The Bertz CT molecular complexity index is 545. The second-order valence-corrected chi connectivity index (χ2v) is 4.88. The van der Waals surface area contributed by atoms with Crippen LogP contribution in [0.15, 0.2) is 47.4 Å². The zero-order chi connectivity index (χ0) is 13.0. The van der Waals surface area contributed by atoms with Gasteiger partial charge >= 0.3 is 0 Å². The van der Waals surface area contributed by atoms with Crippen molar-refractivity contribution in [3.63, 3.8) is 0 Å². The summed E-state index contributed by atoms with van der Waals surface area (Å²) in [5.41, 5.74) is 7.35. The lowest BCUT2D eigenvalue weighted by Crippen LogP contribution is -1.90. The van der Waals surface area contributed by atoms with Crippen molar-refractivity contribution in [2.45, 2.75) is 10.6 Å². The van der Waals surface area contributed by atoms with E-state index in [-0.39, 0.29) is 11.6 Å². The summed E-state index contributed by atoms with van der Waals surface area (Å²) in [7, 11) is 1.46. The van der Waals surface area contributed by atoms with Crippen LogP contribution in [0.1, 0.15) is 5.56 Å². The number of rotatable bonds is 4. The quantitative estimate of drug-likeness (QED) is 0.674. The van der Waals surface area contributed by atoms with Gasteiger partial charge in [0.1, 0.15) is 0 Å². The molecule has 2 nitrogen and oxygen atoms in total. The van der Waals surface area contributed by atoms with Crippen molar-refractivity contribution in [1.82, 2.24) is 0 Å². The molecule has 0 unspecified atom stereocenters. The number of nitrogens with two attached hydrogens (primary N) is 1. The number of benzene rings is 2. The maximum atomic E-state index is 13.5. The van der Waals surface area contributed by atoms with Gasteiger partial charge in [0.2, 0.25) is 0 Å². The molecule has 0 aliphatic rings. The number of halogens is 1. The minimum Gasteiger partial charge on any atom is -0.494 e. The van der Waals surface area contributed by atoms with E-state index in [0.29, 0.717) is 5.75 Å². The highest BCUT2D eigenvalue weighted by Crippen LogP contribution is 2.26. The van der Waals surface area contributed by atoms with Gasteiger partial charge in [-0.25, -0.2) is 4.39 Å². The van der Waals surface area contributed by atoms with E-state index >= 15 is 0 Å². The average Bonchev–Trinajstić information content (AvgIpc) is 2.37. The topological polar surface area (TPSA) is 35.2 Å². The lowest BCUT2D eigenvalue weighted by atomic mass is 10.2. The van der Waals surface area contributed by atoms with Gasteiger partial charge in [-0.1, -0.05) is 12.1 Å². The summed E-state index contributed by atoms with van der Waals surface area (Å²) in [6.07, 6.45) is 0. The third-order valence-electron chi connectivity index (χ3n) is 2.48. The molecule has 0 spiro atoms. The molecule has 2 aromatic rings. The van der Waals surface area contributed by atoms with Crippen molar-refractivity contribution in [3.8, 4) is 5.75 Å². The molecule has 0 radical (unpaired) electrons. The molecular weight excluding hydrogens is 249 g/mol. The maximum Gasteiger partial charge on any atom is 0.165 e. The Balaban J connectivity index is 2.04. The molecule has 0 saturated heterocycles. The number of methoxy groups -OCH3 is 1. The third-order valence-corrected chi connectivity index (χ3v) is 3.54. The molecule has 0 aromatic heterocycles. The zero-order valence-electron chi connectivity index (χ0n) is 10.0. The summed E-state index contributed by atoms with van der Waals surface area (Å²) in [4.78, 5) is 1.08. The average molecular weight is 263 g/mol. The lowest BCUT2D eigenvalue weighted by molar-refractivity contribution is 0.386. The predicted octanol–water partition coefficient (Wildman–Crippen LogP) is 3.71. The van der Waals surface area contributed by atoms with E-state index in [1.165, 1.54) is 13.2 Å². The first kappa shape index (κ1) is 12.8. The monoisotopic (exact) mass is 263 g/mol. The van der Waals surface area contributed by atoms with E-state index in [4.69, 9.17) is 10.5 Å². The van der Waals surface area contributed by atoms with E-state index in [2.05, 4.69) is 0 Å². The zero-order valence-corrected chi connectivity index (χ0v) is 10.8. The summed E-state index contributed by atoms with van der Waals surface area (Å²) >= 11 is 1.62. The van der Waals surface area contributed by atoms with E-state index in [9.17, 15) is 4.39 Å². The first-order valence-electron chi connectivity index (χ1n) is 5.50. The van der Waals surface area contributed by atoms with Crippen LogP contribution in [0.4, 0.5) is 10.1 Å². The summed E-state index contributed by atoms with van der Waals surface area (Å²) in [5, 5.41) is 0. The van der Waals surface area contributed by atoms with Crippen molar-refractivity contribution in [3.05, 3.63) is 53.8 Å². The van der Waals surface area contributed by atoms with Crippen molar-refractivity contribution >= 4 is 17.4 Å². The number of ether oxygens (including phenoxy) is 1. The van der Waals surface area contributed by atoms with Gasteiger partial charge in [-0.3, -0.25) is 0 Å². The van der Waals surface area contributed by atoms with Crippen molar-refractivity contribution in [2.24, 2.45) is 0 Å². The molecular formula is C14H14FNOS. The predicted molar refractivity (Wildman–Crippen MR) is 73.4 cm³/mol.